The van der Waals surface area contributed by atoms with Gasteiger partial charge in [-0.2, -0.15) is 18.4 Å². The number of nitriles is 1. The fourth-order valence-corrected chi connectivity index (χ4v) is 1.30. The summed E-state index contributed by atoms with van der Waals surface area (Å²) in [6, 6.07) is 1.36. The van der Waals surface area contributed by atoms with Gasteiger partial charge in [-0.1, -0.05) is 0 Å². The molecule has 2 nitrogen and oxygen atoms in total. The zero-order valence-corrected chi connectivity index (χ0v) is 7.93. The maximum atomic E-state index is 12.1. The van der Waals surface area contributed by atoms with Crippen molar-refractivity contribution in [2.75, 3.05) is 6.54 Å². The summed E-state index contributed by atoms with van der Waals surface area (Å²) in [4.78, 5) is 0. The van der Waals surface area contributed by atoms with E-state index in [1.54, 1.807) is 0 Å². The van der Waals surface area contributed by atoms with Crippen LogP contribution in [0.5, 0.6) is 0 Å². The quantitative estimate of drug-likeness (QED) is 0.764. The first-order chi connectivity index (χ1) is 6.45. The van der Waals surface area contributed by atoms with Crippen LogP contribution in [0.3, 0.4) is 0 Å². The highest BCUT2D eigenvalue weighted by atomic mass is 19.4. The highest BCUT2D eigenvalue weighted by molar-refractivity contribution is 4.92. The molecule has 5 heteroatoms. The lowest BCUT2D eigenvalue weighted by Crippen LogP contribution is -2.37. The average Bonchev–Trinajstić information content (AvgIpc) is 2.84. The third kappa shape index (κ3) is 3.18. The second kappa shape index (κ2) is 4.18. The van der Waals surface area contributed by atoms with E-state index in [1.807, 2.05) is 6.92 Å². The number of rotatable bonds is 4. The van der Waals surface area contributed by atoms with Gasteiger partial charge in [0.25, 0.3) is 0 Å². The fourth-order valence-electron chi connectivity index (χ4n) is 1.30. The zero-order valence-electron chi connectivity index (χ0n) is 7.93. The highest BCUT2D eigenvalue weighted by Gasteiger charge is 2.40. The van der Waals surface area contributed by atoms with Crippen molar-refractivity contribution in [3.05, 3.63) is 0 Å². The maximum Gasteiger partial charge on any atom is 0.405 e. The Balaban J connectivity index is 2.31. The van der Waals surface area contributed by atoms with Crippen molar-refractivity contribution in [2.45, 2.75) is 32.0 Å². The molecule has 80 valence electrons. The van der Waals surface area contributed by atoms with Gasteiger partial charge in [-0.15, -0.1) is 0 Å². The molecule has 0 amide bonds. The summed E-state index contributed by atoms with van der Waals surface area (Å²) in [7, 11) is 0. The van der Waals surface area contributed by atoms with Crippen LogP contribution >= 0.6 is 0 Å². The van der Waals surface area contributed by atoms with Gasteiger partial charge in [-0.05, 0) is 25.7 Å². The molecule has 1 rings (SSSR count). The van der Waals surface area contributed by atoms with E-state index in [2.05, 4.69) is 5.32 Å². The lowest BCUT2D eigenvalue weighted by molar-refractivity contribution is -0.158. The Morgan fingerprint density at radius 2 is 2.07 bits per heavy atom. The average molecular weight is 206 g/mol. The molecule has 14 heavy (non-hydrogen) atoms. The summed E-state index contributed by atoms with van der Waals surface area (Å²) in [5, 5.41) is 11.1. The van der Waals surface area contributed by atoms with E-state index in [1.165, 1.54) is 6.07 Å². The molecule has 1 aliphatic carbocycles. The number of nitrogens with zero attached hydrogens (tertiary/aromatic N) is 1. The standard InChI is InChI=1S/C9H13F3N2/c1-6(7-2-3-7)14-5-8(4-13)9(10,11)12/h6-8,14H,2-3,5H2,1H3. The van der Waals surface area contributed by atoms with Crippen molar-refractivity contribution < 1.29 is 13.2 Å². The van der Waals surface area contributed by atoms with Crippen LogP contribution in [0.15, 0.2) is 0 Å². The summed E-state index contributed by atoms with van der Waals surface area (Å²) < 4.78 is 36.4. The van der Waals surface area contributed by atoms with Gasteiger partial charge in [0.05, 0.1) is 6.07 Å². The largest absolute Gasteiger partial charge is 0.405 e. The Morgan fingerprint density at radius 1 is 1.50 bits per heavy atom. The molecule has 1 N–H and O–H groups in total. The molecule has 0 aromatic rings. The van der Waals surface area contributed by atoms with Gasteiger partial charge >= 0.3 is 6.18 Å². The van der Waals surface area contributed by atoms with Gasteiger partial charge in [0.2, 0.25) is 0 Å². The zero-order chi connectivity index (χ0) is 10.8. The van der Waals surface area contributed by atoms with Crippen LogP contribution in [0, 0.1) is 23.2 Å². The predicted octanol–water partition coefficient (Wildman–Crippen LogP) is 2.08. The summed E-state index contributed by atoms with van der Waals surface area (Å²) in [5.74, 6) is -1.38. The molecule has 1 saturated carbocycles. The normalized spacial score (nSPS) is 21.4. The van der Waals surface area contributed by atoms with Crippen molar-refractivity contribution >= 4 is 0 Å². The van der Waals surface area contributed by atoms with Crippen molar-refractivity contribution in [1.82, 2.24) is 5.32 Å². The molecule has 0 bridgehead atoms. The maximum absolute atomic E-state index is 12.1. The van der Waals surface area contributed by atoms with Crippen LogP contribution in [0.4, 0.5) is 13.2 Å². The van der Waals surface area contributed by atoms with E-state index in [-0.39, 0.29) is 12.6 Å². The third-order valence-electron chi connectivity index (χ3n) is 2.52. The number of nitrogens with one attached hydrogen (secondary N) is 1. The Labute approximate surface area is 81.1 Å². The van der Waals surface area contributed by atoms with Crippen LogP contribution in [0.1, 0.15) is 19.8 Å². The van der Waals surface area contributed by atoms with Gasteiger partial charge in [0.1, 0.15) is 0 Å². The Hall–Kier alpha value is -0.760. The molecule has 0 radical (unpaired) electrons. The van der Waals surface area contributed by atoms with Crippen LogP contribution in [-0.4, -0.2) is 18.8 Å². The van der Waals surface area contributed by atoms with Gasteiger partial charge in [0, 0.05) is 12.6 Å². The van der Waals surface area contributed by atoms with Crippen molar-refractivity contribution in [3.63, 3.8) is 0 Å². The lowest BCUT2D eigenvalue weighted by Gasteiger charge is -2.17. The third-order valence-corrected chi connectivity index (χ3v) is 2.52. The van der Waals surface area contributed by atoms with E-state index in [9.17, 15) is 13.2 Å². The minimum atomic E-state index is -4.41. The van der Waals surface area contributed by atoms with Crippen molar-refractivity contribution in [1.29, 1.82) is 5.26 Å². The number of alkyl halides is 3. The minimum Gasteiger partial charge on any atom is -0.312 e. The summed E-state index contributed by atoms with van der Waals surface area (Å²) in [5.41, 5.74) is 0. The molecule has 0 heterocycles. The van der Waals surface area contributed by atoms with Crippen LogP contribution in [0.2, 0.25) is 0 Å². The first-order valence-electron chi connectivity index (χ1n) is 4.65. The van der Waals surface area contributed by atoms with Gasteiger partial charge in [0.15, 0.2) is 5.92 Å². The van der Waals surface area contributed by atoms with E-state index in [4.69, 9.17) is 5.26 Å². The molecule has 0 saturated heterocycles. The molecule has 2 atom stereocenters. The van der Waals surface area contributed by atoms with Crippen molar-refractivity contribution in [2.24, 2.45) is 11.8 Å². The Morgan fingerprint density at radius 3 is 2.43 bits per heavy atom. The molecule has 0 aliphatic heterocycles. The van der Waals surface area contributed by atoms with E-state index < -0.39 is 12.1 Å². The van der Waals surface area contributed by atoms with Gasteiger partial charge < -0.3 is 5.32 Å². The Kier molecular flexibility index (Phi) is 3.38. The summed E-state index contributed by atoms with van der Waals surface area (Å²) in [6.07, 6.45) is -2.25. The smallest absolute Gasteiger partial charge is 0.312 e. The molecule has 0 aromatic heterocycles. The van der Waals surface area contributed by atoms with Crippen LogP contribution in [-0.2, 0) is 0 Å². The number of halogens is 3. The summed E-state index contributed by atoms with van der Waals surface area (Å²) in [6.45, 7) is 1.57. The van der Waals surface area contributed by atoms with Crippen LogP contribution in [0.25, 0.3) is 0 Å². The van der Waals surface area contributed by atoms with Gasteiger partial charge in [-0.3, -0.25) is 0 Å². The topological polar surface area (TPSA) is 35.8 Å². The van der Waals surface area contributed by atoms with Crippen LogP contribution < -0.4 is 5.32 Å². The Bertz CT molecular complexity index is 227. The SMILES string of the molecule is CC(NCC(C#N)C(F)(F)F)C1CC1. The van der Waals surface area contributed by atoms with Crippen molar-refractivity contribution in [3.8, 4) is 6.07 Å². The van der Waals surface area contributed by atoms with E-state index >= 15 is 0 Å². The first-order valence-corrected chi connectivity index (χ1v) is 4.65. The number of hydrogen-bond donors (Lipinski definition) is 1. The second-order valence-corrected chi connectivity index (χ2v) is 3.76. The minimum absolute atomic E-state index is 0.0909. The van der Waals surface area contributed by atoms with E-state index in [0.717, 1.165) is 12.8 Å². The molecular formula is C9H13F3N2. The monoisotopic (exact) mass is 206 g/mol. The molecule has 1 fully saturated rings. The molecule has 0 aromatic carbocycles. The molecule has 2 unspecified atom stereocenters. The lowest BCUT2D eigenvalue weighted by atomic mass is 10.1. The highest BCUT2D eigenvalue weighted by Crippen LogP contribution is 2.32. The molecule has 0 spiro atoms. The molecular weight excluding hydrogens is 193 g/mol. The second-order valence-electron chi connectivity index (χ2n) is 3.76. The van der Waals surface area contributed by atoms with Gasteiger partial charge in [-0.25, -0.2) is 0 Å². The van der Waals surface area contributed by atoms with E-state index in [0.29, 0.717) is 5.92 Å². The molecule has 1 aliphatic rings. The first kappa shape index (κ1) is 11.3. The predicted molar refractivity (Wildman–Crippen MR) is 45.3 cm³/mol. The summed E-state index contributed by atoms with van der Waals surface area (Å²) >= 11 is 0. The fraction of sp³-hybridized carbons (Fsp3) is 0.889. The number of hydrogen-bond acceptors (Lipinski definition) is 2.